The molecule has 0 atom stereocenters. The molecule has 0 unspecified atom stereocenters. The Hall–Kier alpha value is -1.71. The second kappa shape index (κ2) is 4.28. The first kappa shape index (κ1) is 10.4. The van der Waals surface area contributed by atoms with Gasteiger partial charge in [-0.1, -0.05) is 0 Å². The van der Waals surface area contributed by atoms with Gasteiger partial charge in [0.1, 0.15) is 5.76 Å². The second-order valence-corrected chi connectivity index (χ2v) is 4.59. The highest BCUT2D eigenvalue weighted by molar-refractivity contribution is 5.81. The number of aromatic amines is 1. The Bertz CT molecular complexity index is 492. The molecule has 0 saturated carbocycles. The van der Waals surface area contributed by atoms with Crippen LogP contribution in [-0.2, 0) is 11.2 Å². The van der Waals surface area contributed by atoms with Crippen LogP contribution >= 0.6 is 0 Å². The van der Waals surface area contributed by atoms with Gasteiger partial charge in [-0.25, -0.2) is 0 Å². The summed E-state index contributed by atoms with van der Waals surface area (Å²) >= 11 is 0. The third kappa shape index (κ3) is 2.07. The van der Waals surface area contributed by atoms with E-state index in [4.69, 9.17) is 4.42 Å². The van der Waals surface area contributed by atoms with Gasteiger partial charge in [0.2, 0.25) is 5.91 Å². The molecule has 4 heteroatoms. The molecule has 90 valence electrons. The standard InChI is InChI=1S/C13H16N2O2/c16-13(15-6-2-1-3-7-15)9-10-8-11-12(17-10)4-5-14-11/h4-5,8,14H,1-3,6-7,9H2. The molecule has 0 bridgehead atoms. The zero-order chi connectivity index (χ0) is 11.7. The maximum atomic E-state index is 12.0. The van der Waals surface area contributed by atoms with Crippen molar-refractivity contribution in [3.8, 4) is 0 Å². The number of carbonyl (C=O) groups is 1. The van der Waals surface area contributed by atoms with E-state index in [2.05, 4.69) is 4.98 Å². The minimum Gasteiger partial charge on any atom is -0.459 e. The number of nitrogens with zero attached hydrogens (tertiary/aromatic N) is 1. The van der Waals surface area contributed by atoms with Gasteiger partial charge in [0.15, 0.2) is 5.58 Å². The van der Waals surface area contributed by atoms with Gasteiger partial charge >= 0.3 is 0 Å². The van der Waals surface area contributed by atoms with E-state index < -0.39 is 0 Å². The molecular formula is C13H16N2O2. The van der Waals surface area contributed by atoms with Crippen LogP contribution in [0.4, 0.5) is 0 Å². The van der Waals surface area contributed by atoms with Crippen LogP contribution in [0.2, 0.25) is 0 Å². The van der Waals surface area contributed by atoms with Crippen molar-refractivity contribution < 1.29 is 9.21 Å². The van der Waals surface area contributed by atoms with Gasteiger partial charge in [-0.2, -0.15) is 0 Å². The van der Waals surface area contributed by atoms with Crippen molar-refractivity contribution in [1.82, 2.24) is 9.88 Å². The van der Waals surface area contributed by atoms with Gasteiger partial charge < -0.3 is 14.3 Å². The minimum atomic E-state index is 0.182. The zero-order valence-electron chi connectivity index (χ0n) is 9.74. The highest BCUT2D eigenvalue weighted by atomic mass is 16.3. The van der Waals surface area contributed by atoms with Crippen molar-refractivity contribution in [3.63, 3.8) is 0 Å². The molecule has 1 N–H and O–H groups in total. The summed E-state index contributed by atoms with van der Waals surface area (Å²) in [6.45, 7) is 1.80. The molecule has 2 aromatic rings. The molecular weight excluding hydrogens is 216 g/mol. The number of amides is 1. The molecule has 1 fully saturated rings. The van der Waals surface area contributed by atoms with Crippen LogP contribution in [0.3, 0.4) is 0 Å². The third-order valence-corrected chi connectivity index (χ3v) is 3.32. The molecule has 1 aliphatic rings. The predicted octanol–water partition coefficient (Wildman–Crippen LogP) is 2.32. The lowest BCUT2D eigenvalue weighted by Crippen LogP contribution is -2.36. The van der Waals surface area contributed by atoms with E-state index in [1.807, 2.05) is 23.2 Å². The van der Waals surface area contributed by atoms with Crippen molar-refractivity contribution in [2.75, 3.05) is 13.1 Å². The number of furan rings is 1. The highest BCUT2D eigenvalue weighted by Crippen LogP contribution is 2.19. The number of fused-ring (bicyclic) bond motifs is 1. The Balaban J connectivity index is 1.69. The molecule has 0 radical (unpaired) electrons. The molecule has 3 rings (SSSR count). The Morgan fingerprint density at radius 3 is 2.94 bits per heavy atom. The summed E-state index contributed by atoms with van der Waals surface area (Å²) < 4.78 is 5.59. The van der Waals surface area contributed by atoms with E-state index in [9.17, 15) is 4.79 Å². The smallest absolute Gasteiger partial charge is 0.230 e. The van der Waals surface area contributed by atoms with Gasteiger partial charge in [-0.3, -0.25) is 4.79 Å². The topological polar surface area (TPSA) is 49.2 Å². The average Bonchev–Trinajstić information content (AvgIpc) is 2.90. The Labute approximate surface area is 99.6 Å². The van der Waals surface area contributed by atoms with E-state index in [1.165, 1.54) is 6.42 Å². The quantitative estimate of drug-likeness (QED) is 0.863. The van der Waals surface area contributed by atoms with Crippen molar-refractivity contribution in [1.29, 1.82) is 0 Å². The number of aromatic nitrogens is 1. The number of carbonyl (C=O) groups excluding carboxylic acids is 1. The fourth-order valence-electron chi connectivity index (χ4n) is 2.39. The van der Waals surface area contributed by atoms with E-state index in [-0.39, 0.29) is 5.91 Å². The molecule has 0 aliphatic carbocycles. The molecule has 0 spiro atoms. The van der Waals surface area contributed by atoms with Gasteiger partial charge in [0.25, 0.3) is 0 Å². The van der Waals surface area contributed by atoms with Gasteiger partial charge in [-0.05, 0) is 25.3 Å². The lowest BCUT2D eigenvalue weighted by atomic mass is 10.1. The first-order valence-corrected chi connectivity index (χ1v) is 6.16. The first-order valence-electron chi connectivity index (χ1n) is 6.16. The average molecular weight is 232 g/mol. The van der Waals surface area contributed by atoms with Crippen LogP contribution in [-0.4, -0.2) is 28.9 Å². The molecule has 2 aromatic heterocycles. The molecule has 0 aromatic carbocycles. The van der Waals surface area contributed by atoms with Gasteiger partial charge in [0, 0.05) is 25.4 Å². The van der Waals surface area contributed by atoms with Crippen molar-refractivity contribution in [2.24, 2.45) is 0 Å². The lowest BCUT2D eigenvalue weighted by molar-refractivity contribution is -0.131. The summed E-state index contributed by atoms with van der Waals surface area (Å²) in [5.74, 6) is 0.934. The summed E-state index contributed by atoms with van der Waals surface area (Å²) in [6, 6.07) is 3.79. The molecule has 1 amide bonds. The molecule has 4 nitrogen and oxygen atoms in total. The van der Waals surface area contributed by atoms with Crippen LogP contribution in [0, 0.1) is 0 Å². The summed E-state index contributed by atoms with van der Waals surface area (Å²) in [4.78, 5) is 17.0. The van der Waals surface area contributed by atoms with Gasteiger partial charge in [-0.15, -0.1) is 0 Å². The monoisotopic (exact) mass is 232 g/mol. The zero-order valence-corrected chi connectivity index (χ0v) is 9.74. The van der Waals surface area contributed by atoms with E-state index in [1.54, 1.807) is 0 Å². The normalized spacial score (nSPS) is 16.6. The maximum absolute atomic E-state index is 12.0. The first-order chi connectivity index (χ1) is 8.33. The largest absolute Gasteiger partial charge is 0.459 e. The summed E-state index contributed by atoms with van der Waals surface area (Å²) in [7, 11) is 0. The summed E-state index contributed by atoms with van der Waals surface area (Å²) in [6.07, 6.45) is 5.72. The Morgan fingerprint density at radius 2 is 2.18 bits per heavy atom. The van der Waals surface area contributed by atoms with Crippen LogP contribution in [0.1, 0.15) is 25.0 Å². The molecule has 1 saturated heterocycles. The molecule has 17 heavy (non-hydrogen) atoms. The number of nitrogens with one attached hydrogen (secondary N) is 1. The summed E-state index contributed by atoms with van der Waals surface area (Å²) in [5, 5.41) is 0. The van der Waals surface area contributed by atoms with Crippen molar-refractivity contribution >= 4 is 17.0 Å². The fraction of sp³-hybridized carbons (Fsp3) is 0.462. The predicted molar refractivity (Wildman–Crippen MR) is 64.7 cm³/mol. The Kier molecular flexibility index (Phi) is 2.63. The lowest BCUT2D eigenvalue weighted by Gasteiger charge is -2.26. The highest BCUT2D eigenvalue weighted by Gasteiger charge is 2.18. The number of hydrogen-bond donors (Lipinski definition) is 1. The maximum Gasteiger partial charge on any atom is 0.230 e. The summed E-state index contributed by atoms with van der Waals surface area (Å²) in [5.41, 5.74) is 1.79. The number of hydrogen-bond acceptors (Lipinski definition) is 2. The van der Waals surface area contributed by atoms with Crippen LogP contribution in [0.5, 0.6) is 0 Å². The van der Waals surface area contributed by atoms with Gasteiger partial charge in [0.05, 0.1) is 11.9 Å². The number of likely N-dealkylation sites (tertiary alicyclic amines) is 1. The second-order valence-electron chi connectivity index (χ2n) is 4.59. The Morgan fingerprint density at radius 1 is 1.35 bits per heavy atom. The van der Waals surface area contributed by atoms with Crippen LogP contribution in [0.15, 0.2) is 22.7 Å². The van der Waals surface area contributed by atoms with E-state index in [0.717, 1.165) is 42.8 Å². The van der Waals surface area contributed by atoms with Crippen molar-refractivity contribution in [3.05, 3.63) is 24.1 Å². The molecule has 1 aliphatic heterocycles. The van der Waals surface area contributed by atoms with Crippen LogP contribution < -0.4 is 0 Å². The van der Waals surface area contributed by atoms with Crippen LogP contribution in [0.25, 0.3) is 11.1 Å². The SMILES string of the molecule is O=C(Cc1cc2[nH]ccc2o1)N1CCCCC1. The number of piperidine rings is 1. The van der Waals surface area contributed by atoms with E-state index >= 15 is 0 Å². The third-order valence-electron chi connectivity index (χ3n) is 3.32. The number of rotatable bonds is 2. The number of H-pyrrole nitrogens is 1. The minimum absolute atomic E-state index is 0.182. The molecule has 3 heterocycles. The fourth-order valence-corrected chi connectivity index (χ4v) is 2.39. The van der Waals surface area contributed by atoms with E-state index in [0.29, 0.717) is 6.42 Å². The van der Waals surface area contributed by atoms with Crippen molar-refractivity contribution in [2.45, 2.75) is 25.7 Å².